The summed E-state index contributed by atoms with van der Waals surface area (Å²) in [7, 11) is 0. The van der Waals surface area contributed by atoms with Gasteiger partial charge in [0.2, 0.25) is 0 Å². The van der Waals surface area contributed by atoms with Gasteiger partial charge in [-0.3, -0.25) is 0 Å². The van der Waals surface area contributed by atoms with Crippen LogP contribution in [0.1, 0.15) is 11.3 Å². The highest BCUT2D eigenvalue weighted by Gasteiger charge is 2.02. The molecule has 0 saturated heterocycles. The molecule has 80 valence electrons. The molecule has 0 aliphatic rings. The second-order valence-corrected chi connectivity index (χ2v) is 3.83. The fourth-order valence-electron chi connectivity index (χ4n) is 1.19. The van der Waals surface area contributed by atoms with Gasteiger partial charge in [-0.2, -0.15) is 5.26 Å². The van der Waals surface area contributed by atoms with Crippen molar-refractivity contribution in [3.8, 4) is 6.07 Å². The molecular weight excluding hydrogens is 222 g/mol. The maximum atomic E-state index is 8.66. The summed E-state index contributed by atoms with van der Waals surface area (Å²) in [4.78, 5) is 8.20. The molecule has 0 radical (unpaired) electrons. The van der Waals surface area contributed by atoms with Crippen molar-refractivity contribution < 1.29 is 0 Å². The summed E-state index contributed by atoms with van der Waals surface area (Å²) >= 11 is 1.54. The Morgan fingerprint density at radius 1 is 1.50 bits per heavy atom. The third-order valence-corrected chi connectivity index (χ3v) is 2.60. The van der Waals surface area contributed by atoms with Crippen molar-refractivity contribution in [1.29, 1.82) is 5.26 Å². The number of hydrogen-bond acceptors (Lipinski definition) is 6. The monoisotopic (exact) mass is 231 g/mol. The van der Waals surface area contributed by atoms with Crippen LogP contribution < -0.4 is 11.1 Å². The molecule has 2 rings (SSSR count). The standard InChI is InChI=1S/C10H9N5S/c11-2-7-1-9(12)10(13-3-7)14-4-8-5-16-6-15-8/h1,3,5-6H,4,12H2,(H,13,14). The van der Waals surface area contributed by atoms with E-state index in [2.05, 4.69) is 15.3 Å². The third-order valence-electron chi connectivity index (χ3n) is 1.97. The van der Waals surface area contributed by atoms with Crippen molar-refractivity contribution in [1.82, 2.24) is 9.97 Å². The maximum Gasteiger partial charge on any atom is 0.149 e. The fourth-order valence-corrected chi connectivity index (χ4v) is 1.75. The van der Waals surface area contributed by atoms with Crippen LogP contribution in [0.2, 0.25) is 0 Å². The molecule has 0 aliphatic heterocycles. The van der Waals surface area contributed by atoms with Gasteiger partial charge in [0, 0.05) is 11.6 Å². The van der Waals surface area contributed by atoms with Crippen molar-refractivity contribution in [2.75, 3.05) is 11.1 Å². The first-order valence-corrected chi connectivity index (χ1v) is 5.50. The summed E-state index contributed by atoms with van der Waals surface area (Å²) in [6, 6.07) is 3.58. The van der Waals surface area contributed by atoms with Gasteiger partial charge in [0.05, 0.1) is 29.0 Å². The van der Waals surface area contributed by atoms with E-state index in [9.17, 15) is 0 Å². The number of hydrogen-bond donors (Lipinski definition) is 2. The Bertz CT molecular complexity index is 515. The lowest BCUT2D eigenvalue weighted by atomic mass is 10.3. The highest BCUT2D eigenvalue weighted by molar-refractivity contribution is 7.07. The van der Waals surface area contributed by atoms with Gasteiger partial charge in [0.15, 0.2) is 0 Å². The highest BCUT2D eigenvalue weighted by atomic mass is 32.1. The first-order chi connectivity index (χ1) is 7.79. The van der Waals surface area contributed by atoms with Crippen molar-refractivity contribution in [2.24, 2.45) is 0 Å². The van der Waals surface area contributed by atoms with E-state index in [0.717, 1.165) is 5.69 Å². The fraction of sp³-hybridized carbons (Fsp3) is 0.100. The molecule has 6 heteroatoms. The molecule has 0 amide bonds. The van der Waals surface area contributed by atoms with Gasteiger partial charge in [0.1, 0.15) is 11.9 Å². The van der Waals surface area contributed by atoms with E-state index >= 15 is 0 Å². The Morgan fingerprint density at radius 2 is 2.38 bits per heavy atom. The molecule has 0 atom stereocenters. The van der Waals surface area contributed by atoms with Crippen LogP contribution in [0.15, 0.2) is 23.2 Å². The largest absolute Gasteiger partial charge is 0.396 e. The number of aromatic nitrogens is 2. The Morgan fingerprint density at radius 3 is 3.00 bits per heavy atom. The minimum absolute atomic E-state index is 0.455. The Kier molecular flexibility index (Phi) is 2.98. The number of nitrogens with two attached hydrogens (primary N) is 1. The first-order valence-electron chi connectivity index (χ1n) is 4.56. The van der Waals surface area contributed by atoms with Crippen LogP contribution in [0.4, 0.5) is 11.5 Å². The summed E-state index contributed by atoms with van der Waals surface area (Å²) in [5, 5.41) is 13.7. The van der Waals surface area contributed by atoms with Gasteiger partial charge in [-0.05, 0) is 6.07 Å². The molecule has 5 nitrogen and oxygen atoms in total. The van der Waals surface area contributed by atoms with Crippen LogP contribution in [0.25, 0.3) is 0 Å². The maximum absolute atomic E-state index is 8.66. The predicted octanol–water partition coefficient (Wildman–Crippen LogP) is 1.60. The molecule has 0 bridgehead atoms. The number of anilines is 2. The number of nitrogen functional groups attached to an aromatic ring is 1. The number of pyridine rings is 1. The minimum atomic E-state index is 0.455. The van der Waals surface area contributed by atoms with Gasteiger partial charge in [0.25, 0.3) is 0 Å². The van der Waals surface area contributed by atoms with E-state index in [1.165, 1.54) is 17.5 Å². The number of rotatable bonds is 3. The Hall–Kier alpha value is -2.13. The van der Waals surface area contributed by atoms with E-state index in [0.29, 0.717) is 23.6 Å². The summed E-state index contributed by atoms with van der Waals surface area (Å²) in [5.74, 6) is 0.576. The average molecular weight is 231 g/mol. The van der Waals surface area contributed by atoms with Crippen molar-refractivity contribution in [3.63, 3.8) is 0 Å². The summed E-state index contributed by atoms with van der Waals surface area (Å²) in [5.41, 5.74) is 9.38. The molecule has 0 unspecified atom stereocenters. The van der Waals surface area contributed by atoms with Gasteiger partial charge in [-0.25, -0.2) is 9.97 Å². The predicted molar refractivity (Wildman–Crippen MR) is 62.8 cm³/mol. The topological polar surface area (TPSA) is 87.6 Å². The van der Waals surface area contributed by atoms with Crippen LogP contribution >= 0.6 is 11.3 Å². The molecule has 3 N–H and O–H groups in total. The lowest BCUT2D eigenvalue weighted by molar-refractivity contribution is 1.05. The molecule has 0 spiro atoms. The zero-order valence-electron chi connectivity index (χ0n) is 8.34. The number of thiazole rings is 1. The minimum Gasteiger partial charge on any atom is -0.396 e. The number of nitrogens with one attached hydrogen (secondary N) is 1. The van der Waals surface area contributed by atoms with Crippen molar-refractivity contribution >= 4 is 22.8 Å². The summed E-state index contributed by atoms with van der Waals surface area (Å²) < 4.78 is 0. The zero-order valence-corrected chi connectivity index (χ0v) is 9.16. The van der Waals surface area contributed by atoms with Crippen LogP contribution in [-0.4, -0.2) is 9.97 Å². The van der Waals surface area contributed by atoms with E-state index in [4.69, 9.17) is 11.0 Å². The van der Waals surface area contributed by atoms with E-state index < -0.39 is 0 Å². The van der Waals surface area contributed by atoms with Crippen molar-refractivity contribution in [2.45, 2.75) is 6.54 Å². The van der Waals surface area contributed by atoms with E-state index in [1.54, 1.807) is 11.6 Å². The first kappa shape index (κ1) is 10.4. The second-order valence-electron chi connectivity index (χ2n) is 3.11. The van der Waals surface area contributed by atoms with Crippen LogP contribution in [0, 0.1) is 11.3 Å². The van der Waals surface area contributed by atoms with Gasteiger partial charge < -0.3 is 11.1 Å². The Labute approximate surface area is 96.6 Å². The molecule has 2 aromatic heterocycles. The second kappa shape index (κ2) is 4.59. The molecule has 0 saturated carbocycles. The SMILES string of the molecule is N#Cc1cnc(NCc2cscn2)c(N)c1. The van der Waals surface area contributed by atoms with E-state index in [-0.39, 0.29) is 0 Å². The average Bonchev–Trinajstić information content (AvgIpc) is 2.80. The molecule has 2 heterocycles. The van der Waals surface area contributed by atoms with Crippen LogP contribution in [0.5, 0.6) is 0 Å². The van der Waals surface area contributed by atoms with Crippen LogP contribution in [-0.2, 0) is 6.54 Å². The molecule has 16 heavy (non-hydrogen) atoms. The van der Waals surface area contributed by atoms with Crippen LogP contribution in [0.3, 0.4) is 0 Å². The molecule has 2 aromatic rings. The third kappa shape index (κ3) is 2.27. The molecule has 0 aliphatic carbocycles. The lowest BCUT2D eigenvalue weighted by Gasteiger charge is -2.06. The zero-order chi connectivity index (χ0) is 11.4. The summed E-state index contributed by atoms with van der Waals surface area (Å²) in [6.07, 6.45) is 1.49. The Balaban J connectivity index is 2.08. The highest BCUT2D eigenvalue weighted by Crippen LogP contribution is 2.16. The summed E-state index contributed by atoms with van der Waals surface area (Å²) in [6.45, 7) is 0.576. The van der Waals surface area contributed by atoms with Gasteiger partial charge in [-0.1, -0.05) is 0 Å². The molecule has 0 fully saturated rings. The normalized spacial score (nSPS) is 9.69. The lowest BCUT2D eigenvalue weighted by Crippen LogP contribution is -2.05. The van der Waals surface area contributed by atoms with Gasteiger partial charge in [-0.15, -0.1) is 11.3 Å². The smallest absolute Gasteiger partial charge is 0.149 e. The quantitative estimate of drug-likeness (QED) is 0.837. The van der Waals surface area contributed by atoms with E-state index in [1.807, 2.05) is 11.4 Å². The van der Waals surface area contributed by atoms with Gasteiger partial charge >= 0.3 is 0 Å². The van der Waals surface area contributed by atoms with Crippen molar-refractivity contribution in [3.05, 3.63) is 34.4 Å². The number of nitriles is 1. The molecular formula is C10H9N5S. The number of nitrogens with zero attached hydrogens (tertiary/aromatic N) is 3. The molecule has 0 aromatic carbocycles.